The van der Waals surface area contributed by atoms with Gasteiger partial charge in [0.15, 0.2) is 5.11 Å². The molecule has 0 aliphatic heterocycles. The number of ether oxygens (including phenoxy) is 1. The molecule has 32 heavy (non-hydrogen) atoms. The van der Waals surface area contributed by atoms with Gasteiger partial charge in [-0.25, -0.2) is 4.39 Å². The third-order valence-electron chi connectivity index (χ3n) is 4.27. The first-order valence-corrected chi connectivity index (χ1v) is 9.95. The van der Waals surface area contributed by atoms with Crippen molar-refractivity contribution in [1.82, 2.24) is 5.32 Å². The molecular weight excluding hydrogens is 429 g/mol. The Labute approximate surface area is 190 Å². The summed E-state index contributed by atoms with van der Waals surface area (Å²) in [4.78, 5) is 24.6. The highest BCUT2D eigenvalue weighted by Crippen LogP contribution is 2.18. The summed E-state index contributed by atoms with van der Waals surface area (Å²) >= 11 is 5.18. The largest absolute Gasteiger partial charge is 0.496 e. The number of carbonyl (C=O) groups excluding carboxylic acids is 2. The van der Waals surface area contributed by atoms with Crippen LogP contribution in [0.2, 0.25) is 0 Å². The summed E-state index contributed by atoms with van der Waals surface area (Å²) in [5, 5.41) is 8.18. The molecule has 0 aliphatic rings. The lowest BCUT2D eigenvalue weighted by molar-refractivity contribution is -0.115. The van der Waals surface area contributed by atoms with E-state index in [0.717, 1.165) is 5.56 Å². The van der Waals surface area contributed by atoms with E-state index < -0.39 is 5.91 Å². The van der Waals surface area contributed by atoms with Crippen LogP contribution in [0.3, 0.4) is 0 Å². The molecule has 3 rings (SSSR count). The van der Waals surface area contributed by atoms with E-state index in [9.17, 15) is 14.0 Å². The fourth-order valence-corrected chi connectivity index (χ4v) is 2.98. The van der Waals surface area contributed by atoms with E-state index in [1.807, 2.05) is 18.2 Å². The van der Waals surface area contributed by atoms with E-state index in [0.29, 0.717) is 22.7 Å². The molecule has 6 nitrogen and oxygen atoms in total. The van der Waals surface area contributed by atoms with E-state index in [4.69, 9.17) is 17.0 Å². The number of benzene rings is 3. The highest BCUT2D eigenvalue weighted by molar-refractivity contribution is 7.80. The van der Waals surface area contributed by atoms with Crippen LogP contribution >= 0.6 is 12.2 Å². The highest BCUT2D eigenvalue weighted by atomic mass is 32.1. The maximum absolute atomic E-state index is 13.0. The topological polar surface area (TPSA) is 79.5 Å². The second-order valence-corrected chi connectivity index (χ2v) is 6.97. The summed E-state index contributed by atoms with van der Waals surface area (Å²) in [5.74, 6) is -0.524. The predicted molar refractivity (Wildman–Crippen MR) is 127 cm³/mol. The standard InChI is InChI=1S/C24H20FN3O3S/c1-31-21-8-3-2-5-16(21)9-14-22(29)28-24(32)27-20-7-4-6-17(15-20)23(30)26-19-12-10-18(25)11-13-19/h2-15H,1H3,(H,26,30)(H2,27,28,29,32)/b14-9+. The molecule has 0 heterocycles. The first-order valence-electron chi connectivity index (χ1n) is 9.54. The van der Waals surface area contributed by atoms with E-state index in [2.05, 4.69) is 16.0 Å². The van der Waals surface area contributed by atoms with Gasteiger partial charge in [0.25, 0.3) is 5.91 Å². The van der Waals surface area contributed by atoms with E-state index in [1.54, 1.807) is 43.5 Å². The molecule has 0 saturated carbocycles. The van der Waals surface area contributed by atoms with Gasteiger partial charge in [-0.2, -0.15) is 0 Å². The van der Waals surface area contributed by atoms with Crippen molar-refractivity contribution in [3.8, 4) is 5.75 Å². The van der Waals surface area contributed by atoms with Gasteiger partial charge < -0.3 is 15.4 Å². The maximum atomic E-state index is 13.0. The van der Waals surface area contributed by atoms with Crippen molar-refractivity contribution in [2.45, 2.75) is 0 Å². The Morgan fingerprint density at radius 2 is 1.69 bits per heavy atom. The van der Waals surface area contributed by atoms with Crippen molar-refractivity contribution in [2.24, 2.45) is 0 Å². The molecule has 3 aromatic carbocycles. The van der Waals surface area contributed by atoms with Crippen molar-refractivity contribution < 1.29 is 18.7 Å². The third kappa shape index (κ3) is 6.48. The van der Waals surface area contributed by atoms with Gasteiger partial charge in [-0.3, -0.25) is 14.9 Å². The van der Waals surface area contributed by atoms with Crippen LogP contribution in [0.5, 0.6) is 5.75 Å². The van der Waals surface area contributed by atoms with Gasteiger partial charge in [0.2, 0.25) is 5.91 Å². The van der Waals surface area contributed by atoms with Crippen molar-refractivity contribution >= 4 is 46.6 Å². The Hall–Kier alpha value is -4.04. The summed E-state index contributed by atoms with van der Waals surface area (Å²) in [5.41, 5.74) is 2.11. The zero-order valence-electron chi connectivity index (χ0n) is 17.1. The van der Waals surface area contributed by atoms with Gasteiger partial charge in [0, 0.05) is 28.6 Å². The number of nitrogens with one attached hydrogen (secondary N) is 3. The number of methoxy groups -OCH3 is 1. The molecular formula is C24H20FN3O3S. The smallest absolute Gasteiger partial charge is 0.255 e. The summed E-state index contributed by atoms with van der Waals surface area (Å²) in [6.45, 7) is 0. The normalized spacial score (nSPS) is 10.4. The average Bonchev–Trinajstić information content (AvgIpc) is 2.79. The predicted octanol–water partition coefficient (Wildman–Crippen LogP) is 4.61. The zero-order chi connectivity index (χ0) is 22.9. The molecule has 8 heteroatoms. The van der Waals surface area contributed by atoms with Gasteiger partial charge in [0.05, 0.1) is 7.11 Å². The number of amides is 2. The Kier molecular flexibility index (Phi) is 7.66. The fourth-order valence-electron chi connectivity index (χ4n) is 2.76. The van der Waals surface area contributed by atoms with Gasteiger partial charge in [0.1, 0.15) is 11.6 Å². The van der Waals surface area contributed by atoms with Crippen LogP contribution in [0.4, 0.5) is 15.8 Å². The van der Waals surface area contributed by atoms with Crippen LogP contribution in [0.15, 0.2) is 78.9 Å². The maximum Gasteiger partial charge on any atom is 0.255 e. The minimum Gasteiger partial charge on any atom is -0.496 e. The average molecular weight is 450 g/mol. The number of anilines is 2. The molecule has 0 aliphatic carbocycles. The number of hydrogen-bond donors (Lipinski definition) is 3. The second-order valence-electron chi connectivity index (χ2n) is 6.56. The Morgan fingerprint density at radius 1 is 0.938 bits per heavy atom. The molecule has 0 saturated heterocycles. The molecule has 2 amide bonds. The van der Waals surface area contributed by atoms with E-state index in [-0.39, 0.29) is 16.8 Å². The number of halogens is 1. The number of rotatable bonds is 6. The quantitative estimate of drug-likeness (QED) is 0.378. The minimum atomic E-state index is -0.418. The highest BCUT2D eigenvalue weighted by Gasteiger charge is 2.09. The van der Waals surface area contributed by atoms with Crippen LogP contribution in [0.25, 0.3) is 6.08 Å². The second kappa shape index (κ2) is 10.8. The van der Waals surface area contributed by atoms with Crippen LogP contribution in [0, 0.1) is 5.82 Å². The zero-order valence-corrected chi connectivity index (χ0v) is 17.9. The Bertz CT molecular complexity index is 1160. The van der Waals surface area contributed by atoms with Crippen molar-refractivity contribution in [2.75, 3.05) is 17.7 Å². The van der Waals surface area contributed by atoms with Crippen molar-refractivity contribution in [1.29, 1.82) is 0 Å². The molecule has 0 bridgehead atoms. The summed E-state index contributed by atoms with van der Waals surface area (Å²) in [6, 6.07) is 19.3. The van der Waals surface area contributed by atoms with Gasteiger partial charge in [-0.1, -0.05) is 24.3 Å². The molecule has 3 aromatic rings. The van der Waals surface area contributed by atoms with E-state index >= 15 is 0 Å². The van der Waals surface area contributed by atoms with Gasteiger partial charge in [-0.05, 0) is 66.8 Å². The molecule has 162 valence electrons. The van der Waals surface area contributed by atoms with Crippen molar-refractivity contribution in [3.05, 3.63) is 95.8 Å². The van der Waals surface area contributed by atoms with Gasteiger partial charge in [-0.15, -0.1) is 0 Å². The summed E-state index contributed by atoms with van der Waals surface area (Å²) in [6.07, 6.45) is 2.97. The summed E-state index contributed by atoms with van der Waals surface area (Å²) < 4.78 is 18.2. The van der Waals surface area contributed by atoms with Crippen LogP contribution in [-0.4, -0.2) is 24.0 Å². The number of hydrogen-bond acceptors (Lipinski definition) is 4. The van der Waals surface area contributed by atoms with Crippen LogP contribution in [-0.2, 0) is 4.79 Å². The molecule has 0 aromatic heterocycles. The van der Waals surface area contributed by atoms with Gasteiger partial charge >= 0.3 is 0 Å². The monoisotopic (exact) mass is 449 g/mol. The first kappa shape index (κ1) is 22.6. The molecule has 0 atom stereocenters. The molecule has 0 unspecified atom stereocenters. The molecule has 0 fully saturated rings. The van der Waals surface area contributed by atoms with Crippen LogP contribution < -0.4 is 20.7 Å². The first-order chi connectivity index (χ1) is 15.4. The number of thiocarbonyl (C=S) groups is 1. The molecule has 0 radical (unpaired) electrons. The molecule has 0 spiro atoms. The van der Waals surface area contributed by atoms with E-state index in [1.165, 1.54) is 30.3 Å². The fraction of sp³-hybridized carbons (Fsp3) is 0.0417. The minimum absolute atomic E-state index is 0.0794. The Balaban J connectivity index is 1.58. The lowest BCUT2D eigenvalue weighted by Gasteiger charge is -2.10. The summed E-state index contributed by atoms with van der Waals surface area (Å²) in [7, 11) is 1.56. The lowest BCUT2D eigenvalue weighted by Crippen LogP contribution is -2.32. The number of para-hydroxylation sites is 1. The van der Waals surface area contributed by atoms with Crippen molar-refractivity contribution in [3.63, 3.8) is 0 Å². The molecule has 3 N–H and O–H groups in total. The lowest BCUT2D eigenvalue weighted by atomic mass is 10.2. The third-order valence-corrected chi connectivity index (χ3v) is 4.48. The van der Waals surface area contributed by atoms with Crippen LogP contribution in [0.1, 0.15) is 15.9 Å². The Morgan fingerprint density at radius 3 is 2.44 bits per heavy atom. The SMILES string of the molecule is COc1ccccc1/C=C/C(=O)NC(=S)Nc1cccc(C(=O)Nc2ccc(F)cc2)c1. The number of carbonyl (C=O) groups is 2.